The Balaban J connectivity index is 1.34. The van der Waals surface area contributed by atoms with Crippen molar-refractivity contribution in [3.63, 3.8) is 0 Å². The maximum absolute atomic E-state index is 12.8. The molecule has 0 unspecified atom stereocenters. The average molecular weight is 454 g/mol. The molecule has 0 bridgehead atoms. The van der Waals surface area contributed by atoms with Crippen LogP contribution in [0.2, 0.25) is 0 Å². The summed E-state index contributed by atoms with van der Waals surface area (Å²) in [6.07, 6.45) is -0.353. The summed E-state index contributed by atoms with van der Waals surface area (Å²) >= 11 is 0. The molecule has 3 aliphatic rings. The first kappa shape index (κ1) is 21.5. The second kappa shape index (κ2) is 8.57. The molecule has 174 valence electrons. The van der Waals surface area contributed by atoms with Gasteiger partial charge >= 0.3 is 0 Å². The van der Waals surface area contributed by atoms with Crippen LogP contribution in [0.1, 0.15) is 34.7 Å². The van der Waals surface area contributed by atoms with Gasteiger partial charge < -0.3 is 34.3 Å². The third-order valence-electron chi connectivity index (χ3n) is 6.29. The van der Waals surface area contributed by atoms with Crippen molar-refractivity contribution >= 4 is 17.5 Å². The van der Waals surface area contributed by atoms with Crippen LogP contribution in [0.15, 0.2) is 36.4 Å². The second-order valence-electron chi connectivity index (χ2n) is 8.67. The SMILES string of the molecule is CN(C)C(=O)C[C@@H]1C[C@H]2c3cc(NC(=O)c4ccc5c(c4)OCO5)ccc3O[C@H]2[C@H](CO)O1. The zero-order valence-corrected chi connectivity index (χ0v) is 18.4. The summed E-state index contributed by atoms with van der Waals surface area (Å²) in [5.74, 6) is 1.52. The van der Waals surface area contributed by atoms with Gasteiger partial charge in [0.05, 0.1) is 19.1 Å². The van der Waals surface area contributed by atoms with E-state index in [1.807, 2.05) is 12.1 Å². The number of nitrogens with one attached hydrogen (secondary N) is 1. The highest BCUT2D eigenvalue weighted by Gasteiger charge is 2.46. The molecule has 1 fully saturated rings. The first-order valence-corrected chi connectivity index (χ1v) is 10.9. The molecule has 9 heteroatoms. The number of anilines is 1. The molecule has 0 spiro atoms. The minimum atomic E-state index is -0.525. The molecule has 3 heterocycles. The van der Waals surface area contributed by atoms with Gasteiger partial charge in [0.15, 0.2) is 11.5 Å². The van der Waals surface area contributed by atoms with E-state index < -0.39 is 6.10 Å². The number of aliphatic hydroxyl groups is 1. The van der Waals surface area contributed by atoms with Gasteiger partial charge in [-0.05, 0) is 42.8 Å². The molecule has 2 aromatic rings. The van der Waals surface area contributed by atoms with Crippen LogP contribution >= 0.6 is 0 Å². The summed E-state index contributed by atoms with van der Waals surface area (Å²) in [5, 5.41) is 12.8. The van der Waals surface area contributed by atoms with Crippen molar-refractivity contribution in [3.8, 4) is 17.2 Å². The molecule has 9 nitrogen and oxygen atoms in total. The van der Waals surface area contributed by atoms with Crippen molar-refractivity contribution in [2.45, 2.75) is 37.1 Å². The molecule has 2 amide bonds. The summed E-state index contributed by atoms with van der Waals surface area (Å²) in [6.45, 7) is -0.0526. The van der Waals surface area contributed by atoms with E-state index in [4.69, 9.17) is 18.9 Å². The van der Waals surface area contributed by atoms with E-state index in [2.05, 4.69) is 5.32 Å². The van der Waals surface area contributed by atoms with Crippen LogP contribution in [0, 0.1) is 0 Å². The normalized spacial score (nSPS) is 24.5. The summed E-state index contributed by atoms with van der Waals surface area (Å²) in [7, 11) is 3.42. The molecule has 4 atom stereocenters. The lowest BCUT2D eigenvalue weighted by Gasteiger charge is -2.37. The van der Waals surface area contributed by atoms with Crippen LogP contribution in [0.5, 0.6) is 17.2 Å². The number of ether oxygens (including phenoxy) is 4. The van der Waals surface area contributed by atoms with Crippen LogP contribution < -0.4 is 19.5 Å². The third-order valence-corrected chi connectivity index (χ3v) is 6.29. The largest absolute Gasteiger partial charge is 0.487 e. The van der Waals surface area contributed by atoms with Gasteiger partial charge in [0, 0.05) is 36.8 Å². The summed E-state index contributed by atoms with van der Waals surface area (Å²) < 4.78 is 22.7. The van der Waals surface area contributed by atoms with Crippen LogP contribution in [-0.2, 0) is 9.53 Å². The Hall–Kier alpha value is -3.30. The van der Waals surface area contributed by atoms with E-state index in [-0.39, 0.29) is 49.8 Å². The standard InChI is InChI=1S/C24H26N2O7/c1-26(2)22(28)10-15-9-17-16-8-14(4-6-18(16)33-23(17)21(11-27)32-15)25-24(29)13-3-5-19-20(7-13)31-12-30-19/h3-8,15,17,21,23,27H,9-12H2,1-2H3,(H,25,29)/t15-,17-,21-,23+/m0/s1. The van der Waals surface area contributed by atoms with Crippen LogP contribution in [0.3, 0.4) is 0 Å². The summed E-state index contributed by atoms with van der Waals surface area (Å²) in [4.78, 5) is 26.5. The molecule has 0 aromatic heterocycles. The fourth-order valence-electron chi connectivity index (χ4n) is 4.59. The Morgan fingerprint density at radius 1 is 1.09 bits per heavy atom. The summed E-state index contributed by atoms with van der Waals surface area (Å²) in [5.41, 5.74) is 2.03. The van der Waals surface area contributed by atoms with Crippen LogP contribution in [-0.4, -0.2) is 67.6 Å². The zero-order valence-electron chi connectivity index (χ0n) is 18.4. The smallest absolute Gasteiger partial charge is 0.255 e. The Kier molecular flexibility index (Phi) is 5.59. The number of fused-ring (bicyclic) bond motifs is 4. The van der Waals surface area contributed by atoms with Gasteiger partial charge in [-0.1, -0.05) is 0 Å². The molecule has 0 radical (unpaired) electrons. The lowest BCUT2D eigenvalue weighted by atomic mass is 9.84. The fraction of sp³-hybridized carbons (Fsp3) is 0.417. The molecule has 33 heavy (non-hydrogen) atoms. The molecule has 0 aliphatic carbocycles. The fourth-order valence-corrected chi connectivity index (χ4v) is 4.59. The van der Waals surface area contributed by atoms with Crippen molar-refractivity contribution in [2.24, 2.45) is 0 Å². The highest BCUT2D eigenvalue weighted by Crippen LogP contribution is 2.47. The number of hydrogen-bond donors (Lipinski definition) is 2. The van der Waals surface area contributed by atoms with E-state index in [1.165, 1.54) is 4.90 Å². The van der Waals surface area contributed by atoms with Crippen molar-refractivity contribution in [1.82, 2.24) is 4.90 Å². The number of benzene rings is 2. The summed E-state index contributed by atoms with van der Waals surface area (Å²) in [6, 6.07) is 10.5. The van der Waals surface area contributed by atoms with E-state index in [0.717, 1.165) is 5.56 Å². The monoisotopic (exact) mass is 454 g/mol. The number of aliphatic hydroxyl groups excluding tert-OH is 1. The first-order chi connectivity index (χ1) is 15.9. The van der Waals surface area contributed by atoms with E-state index in [9.17, 15) is 14.7 Å². The predicted molar refractivity (Wildman–Crippen MR) is 118 cm³/mol. The topological polar surface area (TPSA) is 107 Å². The molecular formula is C24H26N2O7. The zero-order chi connectivity index (χ0) is 23.1. The number of carbonyl (C=O) groups is 2. The van der Waals surface area contributed by atoms with Gasteiger partial charge in [0.2, 0.25) is 12.7 Å². The Bertz CT molecular complexity index is 1090. The highest BCUT2D eigenvalue weighted by molar-refractivity contribution is 6.04. The van der Waals surface area contributed by atoms with E-state index >= 15 is 0 Å². The van der Waals surface area contributed by atoms with Gasteiger partial charge in [0.1, 0.15) is 18.0 Å². The quantitative estimate of drug-likeness (QED) is 0.713. The van der Waals surface area contributed by atoms with E-state index in [0.29, 0.717) is 34.9 Å². The molecule has 2 aromatic carbocycles. The van der Waals surface area contributed by atoms with Gasteiger partial charge in [-0.15, -0.1) is 0 Å². The molecule has 2 N–H and O–H groups in total. The first-order valence-electron chi connectivity index (χ1n) is 10.9. The molecule has 0 saturated carbocycles. The number of amides is 2. The predicted octanol–water partition coefficient (Wildman–Crippen LogP) is 2.14. The maximum Gasteiger partial charge on any atom is 0.255 e. The Morgan fingerprint density at radius 2 is 1.88 bits per heavy atom. The number of rotatable bonds is 5. The van der Waals surface area contributed by atoms with Crippen molar-refractivity contribution in [1.29, 1.82) is 0 Å². The third kappa shape index (κ3) is 4.09. The number of carbonyl (C=O) groups excluding carboxylic acids is 2. The van der Waals surface area contributed by atoms with Gasteiger partial charge in [0.25, 0.3) is 5.91 Å². The molecule has 3 aliphatic heterocycles. The number of nitrogens with zero attached hydrogens (tertiary/aromatic N) is 1. The Morgan fingerprint density at radius 3 is 2.67 bits per heavy atom. The minimum Gasteiger partial charge on any atom is -0.487 e. The highest BCUT2D eigenvalue weighted by atomic mass is 16.7. The maximum atomic E-state index is 12.8. The van der Waals surface area contributed by atoms with Gasteiger partial charge in [-0.2, -0.15) is 0 Å². The number of hydrogen-bond acceptors (Lipinski definition) is 7. The van der Waals surface area contributed by atoms with Gasteiger partial charge in [-0.25, -0.2) is 0 Å². The second-order valence-corrected chi connectivity index (χ2v) is 8.67. The molecular weight excluding hydrogens is 428 g/mol. The minimum absolute atomic E-state index is 0.0287. The van der Waals surface area contributed by atoms with Crippen molar-refractivity contribution in [3.05, 3.63) is 47.5 Å². The lowest BCUT2D eigenvalue weighted by molar-refractivity contribution is -0.147. The van der Waals surface area contributed by atoms with Crippen LogP contribution in [0.25, 0.3) is 0 Å². The van der Waals surface area contributed by atoms with Crippen LogP contribution in [0.4, 0.5) is 5.69 Å². The molecule has 1 saturated heterocycles. The average Bonchev–Trinajstić information content (AvgIpc) is 3.42. The molecule has 5 rings (SSSR count). The van der Waals surface area contributed by atoms with Crippen molar-refractivity contribution in [2.75, 3.05) is 32.8 Å². The van der Waals surface area contributed by atoms with E-state index in [1.54, 1.807) is 38.4 Å². The lowest BCUT2D eigenvalue weighted by Crippen LogP contribution is -2.47. The van der Waals surface area contributed by atoms with Crippen molar-refractivity contribution < 1.29 is 33.6 Å². The Labute approximate surface area is 191 Å². The van der Waals surface area contributed by atoms with Gasteiger partial charge in [-0.3, -0.25) is 9.59 Å².